The summed E-state index contributed by atoms with van der Waals surface area (Å²) >= 11 is 0. The maximum Gasteiger partial charge on any atom is 0.325 e. The first-order chi connectivity index (χ1) is 12.1. The third kappa shape index (κ3) is 2.78. The van der Waals surface area contributed by atoms with Crippen LogP contribution in [0.3, 0.4) is 0 Å². The number of aromatic nitrogens is 1. The van der Waals surface area contributed by atoms with Crippen molar-refractivity contribution in [2.24, 2.45) is 0 Å². The molecule has 1 saturated heterocycles. The Morgan fingerprint density at radius 1 is 1.00 bits per heavy atom. The number of carbonyl (C=O) groups excluding carboxylic acids is 2. The third-order valence-electron chi connectivity index (χ3n) is 4.80. The van der Waals surface area contributed by atoms with E-state index in [1.54, 1.807) is 0 Å². The topological polar surface area (TPSA) is 65.2 Å². The van der Waals surface area contributed by atoms with Gasteiger partial charge in [-0.05, 0) is 29.7 Å². The van der Waals surface area contributed by atoms with E-state index in [0.717, 1.165) is 27.6 Å². The first-order valence-corrected chi connectivity index (χ1v) is 8.35. The molecule has 1 aliphatic rings. The Bertz CT molecular complexity index is 960. The van der Waals surface area contributed by atoms with E-state index in [4.69, 9.17) is 0 Å². The zero-order valence-corrected chi connectivity index (χ0v) is 14.0. The molecule has 1 atom stereocenters. The standard InChI is InChI=1S/C20H19N3O2/c1-13-6-2-3-7-14(13)12-23-19(24)18(22-20(23)25)10-15-11-21-17-9-5-4-8-16(15)17/h2-9,11,18,21H,10,12H2,1H3,(H,22,25)/t18-/m1/s1. The summed E-state index contributed by atoms with van der Waals surface area (Å²) in [6.07, 6.45) is 2.40. The average molecular weight is 333 g/mol. The summed E-state index contributed by atoms with van der Waals surface area (Å²) < 4.78 is 0. The Morgan fingerprint density at radius 3 is 2.60 bits per heavy atom. The predicted molar refractivity (Wildman–Crippen MR) is 96.1 cm³/mol. The lowest BCUT2D eigenvalue weighted by Gasteiger charge is -2.14. The van der Waals surface area contributed by atoms with Crippen molar-refractivity contribution in [1.29, 1.82) is 0 Å². The quantitative estimate of drug-likeness (QED) is 0.721. The zero-order chi connectivity index (χ0) is 17.4. The lowest BCUT2D eigenvalue weighted by molar-refractivity contribution is -0.127. The monoisotopic (exact) mass is 333 g/mol. The molecule has 5 heteroatoms. The molecule has 1 aromatic heterocycles. The van der Waals surface area contributed by atoms with E-state index in [9.17, 15) is 9.59 Å². The molecular weight excluding hydrogens is 314 g/mol. The van der Waals surface area contributed by atoms with E-state index in [2.05, 4.69) is 10.3 Å². The van der Waals surface area contributed by atoms with Gasteiger partial charge in [0.15, 0.2) is 0 Å². The molecule has 2 N–H and O–H groups in total. The molecule has 3 amide bonds. The van der Waals surface area contributed by atoms with Crippen LogP contribution in [0.15, 0.2) is 54.7 Å². The number of para-hydroxylation sites is 1. The van der Waals surface area contributed by atoms with Gasteiger partial charge in [0.05, 0.1) is 6.54 Å². The number of carbonyl (C=O) groups is 2. The number of rotatable bonds is 4. The maximum atomic E-state index is 12.7. The molecular formula is C20H19N3O2. The Labute approximate surface area is 145 Å². The second-order valence-electron chi connectivity index (χ2n) is 6.42. The highest BCUT2D eigenvalue weighted by atomic mass is 16.2. The van der Waals surface area contributed by atoms with Crippen molar-refractivity contribution in [2.75, 3.05) is 0 Å². The van der Waals surface area contributed by atoms with E-state index in [1.807, 2.05) is 61.7 Å². The SMILES string of the molecule is Cc1ccccc1CN1C(=O)N[C@H](Cc2c[nH]c3ccccc23)C1=O. The van der Waals surface area contributed by atoms with E-state index in [0.29, 0.717) is 13.0 Å². The number of benzene rings is 2. The molecule has 0 aliphatic carbocycles. The molecule has 1 aliphatic heterocycles. The van der Waals surface area contributed by atoms with Crippen LogP contribution < -0.4 is 5.32 Å². The zero-order valence-electron chi connectivity index (χ0n) is 14.0. The van der Waals surface area contributed by atoms with Crippen LogP contribution in [0.1, 0.15) is 16.7 Å². The summed E-state index contributed by atoms with van der Waals surface area (Å²) in [4.78, 5) is 29.5. The van der Waals surface area contributed by atoms with Gasteiger partial charge in [-0.25, -0.2) is 4.79 Å². The highest BCUT2D eigenvalue weighted by Gasteiger charge is 2.38. The van der Waals surface area contributed by atoms with Gasteiger partial charge in [-0.15, -0.1) is 0 Å². The second-order valence-corrected chi connectivity index (χ2v) is 6.42. The highest BCUT2D eigenvalue weighted by Crippen LogP contribution is 2.22. The Balaban J connectivity index is 1.54. The summed E-state index contributed by atoms with van der Waals surface area (Å²) in [5.41, 5.74) is 4.12. The molecule has 0 saturated carbocycles. The maximum absolute atomic E-state index is 12.7. The Kier molecular flexibility index (Phi) is 3.76. The summed E-state index contributed by atoms with van der Waals surface area (Å²) in [6.45, 7) is 2.29. The minimum absolute atomic E-state index is 0.168. The fourth-order valence-corrected chi connectivity index (χ4v) is 3.34. The third-order valence-corrected chi connectivity index (χ3v) is 4.80. The molecule has 2 aromatic carbocycles. The van der Waals surface area contributed by atoms with Gasteiger partial charge in [0.1, 0.15) is 6.04 Å². The molecule has 2 heterocycles. The summed E-state index contributed by atoms with van der Waals surface area (Å²) in [5.74, 6) is -0.168. The van der Waals surface area contributed by atoms with Gasteiger partial charge in [-0.2, -0.15) is 0 Å². The number of amides is 3. The number of H-pyrrole nitrogens is 1. The molecule has 25 heavy (non-hydrogen) atoms. The number of nitrogens with zero attached hydrogens (tertiary/aromatic N) is 1. The number of aromatic amines is 1. The van der Waals surface area contributed by atoms with Crippen LogP contribution in [-0.2, 0) is 17.8 Å². The first kappa shape index (κ1) is 15.4. The summed E-state index contributed by atoms with van der Waals surface area (Å²) in [7, 11) is 0. The first-order valence-electron chi connectivity index (χ1n) is 8.35. The summed E-state index contributed by atoms with van der Waals surface area (Å²) in [6, 6.07) is 14.9. The smallest absolute Gasteiger partial charge is 0.325 e. The summed E-state index contributed by atoms with van der Waals surface area (Å²) in [5, 5.41) is 3.91. The molecule has 126 valence electrons. The molecule has 0 bridgehead atoms. The van der Waals surface area contributed by atoms with Crippen LogP contribution in [-0.4, -0.2) is 27.9 Å². The van der Waals surface area contributed by atoms with Gasteiger partial charge in [0, 0.05) is 23.5 Å². The van der Waals surface area contributed by atoms with Crippen molar-refractivity contribution in [3.8, 4) is 0 Å². The van der Waals surface area contributed by atoms with E-state index >= 15 is 0 Å². The fraction of sp³-hybridized carbons (Fsp3) is 0.200. The predicted octanol–water partition coefficient (Wildman–Crippen LogP) is 3.14. The molecule has 0 spiro atoms. The highest BCUT2D eigenvalue weighted by molar-refractivity contribution is 6.04. The largest absolute Gasteiger partial charge is 0.361 e. The molecule has 5 nitrogen and oxygen atoms in total. The van der Waals surface area contributed by atoms with Crippen molar-refractivity contribution in [3.63, 3.8) is 0 Å². The van der Waals surface area contributed by atoms with Gasteiger partial charge in [-0.3, -0.25) is 9.69 Å². The van der Waals surface area contributed by atoms with Gasteiger partial charge < -0.3 is 10.3 Å². The van der Waals surface area contributed by atoms with E-state index in [1.165, 1.54) is 4.90 Å². The normalized spacial score (nSPS) is 17.3. The van der Waals surface area contributed by atoms with Crippen LogP contribution in [0.2, 0.25) is 0 Å². The minimum atomic E-state index is -0.518. The van der Waals surface area contributed by atoms with Gasteiger partial charge in [0.25, 0.3) is 5.91 Å². The number of aryl methyl sites for hydroxylation is 1. The van der Waals surface area contributed by atoms with Crippen molar-refractivity contribution < 1.29 is 9.59 Å². The second kappa shape index (κ2) is 6.09. The van der Waals surface area contributed by atoms with E-state index < -0.39 is 6.04 Å². The molecule has 0 unspecified atom stereocenters. The van der Waals surface area contributed by atoms with Crippen LogP contribution in [0.5, 0.6) is 0 Å². The average Bonchev–Trinajstić information content (AvgIpc) is 3.13. The lowest BCUT2D eigenvalue weighted by Crippen LogP contribution is -2.32. The molecule has 1 fully saturated rings. The van der Waals surface area contributed by atoms with Crippen LogP contribution >= 0.6 is 0 Å². The number of urea groups is 1. The number of fused-ring (bicyclic) bond motifs is 1. The number of hydrogen-bond donors (Lipinski definition) is 2. The number of hydrogen-bond acceptors (Lipinski definition) is 2. The number of nitrogens with one attached hydrogen (secondary N) is 2. The van der Waals surface area contributed by atoms with Crippen molar-refractivity contribution in [3.05, 3.63) is 71.4 Å². The van der Waals surface area contributed by atoms with Crippen LogP contribution in [0.25, 0.3) is 10.9 Å². The van der Waals surface area contributed by atoms with Crippen LogP contribution in [0, 0.1) is 6.92 Å². The van der Waals surface area contributed by atoms with E-state index in [-0.39, 0.29) is 11.9 Å². The number of imide groups is 1. The molecule has 3 aromatic rings. The van der Waals surface area contributed by atoms with Crippen LogP contribution in [0.4, 0.5) is 4.79 Å². The van der Waals surface area contributed by atoms with Gasteiger partial charge in [0.2, 0.25) is 0 Å². The lowest BCUT2D eigenvalue weighted by atomic mass is 10.0. The van der Waals surface area contributed by atoms with Gasteiger partial charge >= 0.3 is 6.03 Å². The Morgan fingerprint density at radius 2 is 1.76 bits per heavy atom. The van der Waals surface area contributed by atoms with Crippen molar-refractivity contribution in [2.45, 2.75) is 25.9 Å². The molecule has 4 rings (SSSR count). The Hall–Kier alpha value is -3.08. The molecule has 0 radical (unpaired) electrons. The fourth-order valence-electron chi connectivity index (χ4n) is 3.34. The van der Waals surface area contributed by atoms with Gasteiger partial charge in [-0.1, -0.05) is 42.5 Å². The minimum Gasteiger partial charge on any atom is -0.361 e. The van der Waals surface area contributed by atoms with Crippen molar-refractivity contribution in [1.82, 2.24) is 15.2 Å². The van der Waals surface area contributed by atoms with Crippen molar-refractivity contribution >= 4 is 22.8 Å².